The van der Waals surface area contributed by atoms with Crippen LogP contribution in [0.5, 0.6) is 0 Å². The molecule has 1 saturated heterocycles. The van der Waals surface area contributed by atoms with E-state index in [4.69, 9.17) is 4.74 Å². The van der Waals surface area contributed by atoms with Gasteiger partial charge in [-0.1, -0.05) is 30.3 Å². The highest BCUT2D eigenvalue weighted by Crippen LogP contribution is 2.44. The van der Waals surface area contributed by atoms with Gasteiger partial charge in [0, 0.05) is 23.6 Å². The summed E-state index contributed by atoms with van der Waals surface area (Å²) in [5.41, 5.74) is 4.22. The van der Waals surface area contributed by atoms with Gasteiger partial charge in [-0.2, -0.15) is 0 Å². The highest BCUT2D eigenvalue weighted by Gasteiger charge is 2.45. The standard InChI is InChI=1S/C25H19F2NO2/c26-18-3-1-2-15(10-18)17-5-7-20(28-13-17)8-9-21-22-12-19(27)6-4-16(22)11-23-24(21)14-30-25(23)29/h1-10,12-13,21,23-24H,11,14H2/b9-8+/t21-,23-,24+/m0/s1. The van der Waals surface area contributed by atoms with E-state index in [0.29, 0.717) is 13.0 Å². The first-order chi connectivity index (χ1) is 14.6. The molecule has 2 aliphatic rings. The molecule has 1 fully saturated rings. The second kappa shape index (κ2) is 7.48. The molecule has 5 rings (SSSR count). The van der Waals surface area contributed by atoms with Crippen LogP contribution in [0.4, 0.5) is 8.78 Å². The molecule has 0 spiro atoms. The van der Waals surface area contributed by atoms with E-state index in [9.17, 15) is 13.6 Å². The normalized spacial score (nSPS) is 22.6. The second-order valence-electron chi connectivity index (χ2n) is 7.81. The van der Waals surface area contributed by atoms with Crippen molar-refractivity contribution in [3.63, 3.8) is 0 Å². The van der Waals surface area contributed by atoms with Crippen LogP contribution < -0.4 is 0 Å². The van der Waals surface area contributed by atoms with Crippen LogP contribution in [0.2, 0.25) is 0 Å². The molecule has 3 aromatic rings. The van der Waals surface area contributed by atoms with Crippen LogP contribution in [-0.2, 0) is 16.0 Å². The Morgan fingerprint density at radius 2 is 1.87 bits per heavy atom. The monoisotopic (exact) mass is 403 g/mol. The van der Waals surface area contributed by atoms with Crippen molar-refractivity contribution in [2.45, 2.75) is 12.3 Å². The number of benzene rings is 2. The first-order valence-corrected chi connectivity index (χ1v) is 9.93. The van der Waals surface area contributed by atoms with Crippen LogP contribution in [0, 0.1) is 23.5 Å². The lowest BCUT2D eigenvalue weighted by Gasteiger charge is -2.31. The number of pyridine rings is 1. The van der Waals surface area contributed by atoms with Gasteiger partial charge in [-0.15, -0.1) is 0 Å². The number of cyclic esters (lactones) is 1. The average Bonchev–Trinajstić information content (AvgIpc) is 3.12. The third kappa shape index (κ3) is 3.41. The molecule has 1 aliphatic heterocycles. The van der Waals surface area contributed by atoms with E-state index in [-0.39, 0.29) is 35.4 Å². The molecular formula is C25H19F2NO2. The lowest BCUT2D eigenvalue weighted by Crippen LogP contribution is -2.29. The van der Waals surface area contributed by atoms with Crippen molar-refractivity contribution in [2.24, 2.45) is 11.8 Å². The van der Waals surface area contributed by atoms with Crippen LogP contribution in [0.25, 0.3) is 17.2 Å². The molecule has 30 heavy (non-hydrogen) atoms. The number of carbonyl (C=O) groups excluding carboxylic acids is 1. The van der Waals surface area contributed by atoms with Gasteiger partial charge < -0.3 is 4.74 Å². The third-order valence-electron chi connectivity index (χ3n) is 6.02. The van der Waals surface area contributed by atoms with E-state index < -0.39 is 0 Å². The minimum absolute atomic E-state index is 0.00498. The summed E-state index contributed by atoms with van der Waals surface area (Å²) in [6, 6.07) is 14.9. The van der Waals surface area contributed by atoms with Gasteiger partial charge in [-0.3, -0.25) is 9.78 Å². The Labute approximate surface area is 173 Å². The number of halogens is 2. The summed E-state index contributed by atoms with van der Waals surface area (Å²) < 4.78 is 32.7. The Balaban J connectivity index is 1.44. The van der Waals surface area contributed by atoms with E-state index in [2.05, 4.69) is 4.98 Å². The number of hydrogen-bond acceptors (Lipinski definition) is 3. The van der Waals surface area contributed by atoms with Gasteiger partial charge in [-0.05, 0) is 59.5 Å². The smallest absolute Gasteiger partial charge is 0.309 e. The summed E-state index contributed by atoms with van der Waals surface area (Å²) >= 11 is 0. The Morgan fingerprint density at radius 1 is 1.00 bits per heavy atom. The number of esters is 1. The summed E-state index contributed by atoms with van der Waals surface area (Å²) in [6.07, 6.45) is 6.17. The number of hydrogen-bond donors (Lipinski definition) is 0. The molecule has 1 aliphatic carbocycles. The van der Waals surface area contributed by atoms with Crippen LogP contribution in [-0.4, -0.2) is 17.6 Å². The number of carbonyl (C=O) groups is 1. The number of allylic oxidation sites excluding steroid dienone is 1. The van der Waals surface area contributed by atoms with E-state index in [1.54, 1.807) is 24.4 Å². The van der Waals surface area contributed by atoms with Crippen molar-refractivity contribution in [3.8, 4) is 11.1 Å². The predicted octanol–water partition coefficient (Wildman–Crippen LogP) is 5.17. The van der Waals surface area contributed by atoms with Crippen molar-refractivity contribution in [1.29, 1.82) is 0 Å². The zero-order chi connectivity index (χ0) is 20.7. The number of ether oxygens (including phenoxy) is 1. The third-order valence-corrected chi connectivity index (χ3v) is 6.02. The SMILES string of the molecule is O=C1OC[C@H]2[C@@H]1Cc1ccc(F)cc1[C@@H]2/C=C/c1ccc(-c2cccc(F)c2)cn1. The van der Waals surface area contributed by atoms with Gasteiger partial charge in [-0.25, -0.2) is 8.78 Å². The largest absolute Gasteiger partial charge is 0.465 e. The molecule has 0 N–H and O–H groups in total. The summed E-state index contributed by atoms with van der Waals surface area (Å²) in [4.78, 5) is 16.6. The molecule has 2 heterocycles. The van der Waals surface area contributed by atoms with Crippen molar-refractivity contribution in [2.75, 3.05) is 6.61 Å². The lowest BCUT2D eigenvalue weighted by atomic mass is 9.70. The fourth-order valence-corrected chi connectivity index (χ4v) is 4.49. The zero-order valence-corrected chi connectivity index (χ0v) is 16.1. The van der Waals surface area contributed by atoms with Gasteiger partial charge in [0.15, 0.2) is 0 Å². The second-order valence-corrected chi connectivity index (χ2v) is 7.81. The van der Waals surface area contributed by atoms with Crippen LogP contribution in [0.15, 0.2) is 66.9 Å². The van der Waals surface area contributed by atoms with Gasteiger partial charge in [0.25, 0.3) is 0 Å². The Kier molecular flexibility index (Phi) is 4.66. The molecule has 2 aromatic carbocycles. The first-order valence-electron chi connectivity index (χ1n) is 9.93. The van der Waals surface area contributed by atoms with Crippen LogP contribution >= 0.6 is 0 Å². The Hall–Kier alpha value is -3.34. The minimum atomic E-state index is -0.289. The molecule has 3 nitrogen and oxygen atoms in total. The molecule has 150 valence electrons. The minimum Gasteiger partial charge on any atom is -0.465 e. The van der Waals surface area contributed by atoms with Crippen molar-refractivity contribution in [3.05, 3.63) is 95.3 Å². The highest BCUT2D eigenvalue weighted by atomic mass is 19.1. The van der Waals surface area contributed by atoms with Gasteiger partial charge in [0.2, 0.25) is 0 Å². The summed E-state index contributed by atoms with van der Waals surface area (Å²) in [7, 11) is 0. The summed E-state index contributed by atoms with van der Waals surface area (Å²) in [5.74, 6) is -1.07. The number of aromatic nitrogens is 1. The van der Waals surface area contributed by atoms with Gasteiger partial charge in [0.1, 0.15) is 11.6 Å². The molecule has 3 atom stereocenters. The van der Waals surface area contributed by atoms with Gasteiger partial charge in [0.05, 0.1) is 18.2 Å². The average molecular weight is 403 g/mol. The number of fused-ring (bicyclic) bond motifs is 2. The molecule has 1 aromatic heterocycles. The molecule has 0 amide bonds. The van der Waals surface area contributed by atoms with Crippen molar-refractivity contribution >= 4 is 12.0 Å². The lowest BCUT2D eigenvalue weighted by molar-refractivity contribution is -0.141. The zero-order valence-electron chi connectivity index (χ0n) is 16.1. The first kappa shape index (κ1) is 18.7. The predicted molar refractivity (Wildman–Crippen MR) is 109 cm³/mol. The van der Waals surface area contributed by atoms with E-state index in [0.717, 1.165) is 27.9 Å². The van der Waals surface area contributed by atoms with Crippen LogP contribution in [0.1, 0.15) is 22.7 Å². The van der Waals surface area contributed by atoms with Crippen molar-refractivity contribution < 1.29 is 18.3 Å². The fourth-order valence-electron chi connectivity index (χ4n) is 4.49. The van der Waals surface area contributed by atoms with Gasteiger partial charge >= 0.3 is 5.97 Å². The number of nitrogens with zero attached hydrogens (tertiary/aromatic N) is 1. The maximum absolute atomic E-state index is 13.9. The quantitative estimate of drug-likeness (QED) is 0.567. The molecular weight excluding hydrogens is 384 g/mol. The topological polar surface area (TPSA) is 39.2 Å². The molecule has 0 saturated carbocycles. The Morgan fingerprint density at radius 3 is 2.67 bits per heavy atom. The molecule has 0 radical (unpaired) electrons. The number of rotatable bonds is 3. The summed E-state index contributed by atoms with van der Waals surface area (Å²) in [6.45, 7) is 0.348. The van der Waals surface area contributed by atoms with Crippen LogP contribution in [0.3, 0.4) is 0 Å². The van der Waals surface area contributed by atoms with E-state index in [1.807, 2.05) is 30.4 Å². The van der Waals surface area contributed by atoms with E-state index >= 15 is 0 Å². The molecule has 0 unspecified atom stereocenters. The van der Waals surface area contributed by atoms with E-state index in [1.165, 1.54) is 18.2 Å². The highest BCUT2D eigenvalue weighted by molar-refractivity contribution is 5.76. The molecule has 5 heteroatoms. The Bertz CT molecular complexity index is 1140. The van der Waals surface area contributed by atoms with Crippen molar-refractivity contribution in [1.82, 2.24) is 4.98 Å². The fraction of sp³-hybridized carbons (Fsp3) is 0.200. The maximum atomic E-state index is 13.9. The maximum Gasteiger partial charge on any atom is 0.309 e. The summed E-state index contributed by atoms with van der Waals surface area (Å²) in [5, 5.41) is 0. The molecule has 0 bridgehead atoms.